The van der Waals surface area contributed by atoms with Gasteiger partial charge in [-0.25, -0.2) is 12.7 Å². The van der Waals surface area contributed by atoms with Crippen LogP contribution in [0.1, 0.15) is 19.3 Å². The summed E-state index contributed by atoms with van der Waals surface area (Å²) in [6.07, 6.45) is 2.94. The maximum absolute atomic E-state index is 11.3. The zero-order valence-electron chi connectivity index (χ0n) is 6.86. The summed E-state index contributed by atoms with van der Waals surface area (Å²) in [6.45, 7) is 1.17. The molecule has 4 nitrogen and oxygen atoms in total. The van der Waals surface area contributed by atoms with E-state index < -0.39 is 10.0 Å². The van der Waals surface area contributed by atoms with Crippen LogP contribution in [-0.4, -0.2) is 31.6 Å². The molecule has 12 heavy (non-hydrogen) atoms. The maximum atomic E-state index is 11.3. The van der Waals surface area contributed by atoms with Crippen LogP contribution in [0.4, 0.5) is 0 Å². The van der Waals surface area contributed by atoms with Crippen molar-refractivity contribution in [3.8, 4) is 6.07 Å². The molecule has 0 spiro atoms. The first-order valence-corrected chi connectivity index (χ1v) is 5.62. The molecule has 0 radical (unpaired) electrons. The maximum Gasteiger partial charge on any atom is 0.227 e. The van der Waals surface area contributed by atoms with Crippen LogP contribution in [0.15, 0.2) is 0 Å². The summed E-state index contributed by atoms with van der Waals surface area (Å²) < 4.78 is 24.0. The molecule has 0 unspecified atom stereocenters. The van der Waals surface area contributed by atoms with Gasteiger partial charge in [0, 0.05) is 13.1 Å². The molecule has 1 rings (SSSR count). The second-order valence-corrected chi connectivity index (χ2v) is 4.84. The molecule has 0 amide bonds. The Morgan fingerprint density at radius 2 is 1.83 bits per heavy atom. The lowest BCUT2D eigenvalue weighted by Crippen LogP contribution is -2.36. The highest BCUT2D eigenvalue weighted by Crippen LogP contribution is 2.12. The molecule has 1 aliphatic rings. The van der Waals surface area contributed by atoms with Gasteiger partial charge in [-0.1, -0.05) is 6.42 Å². The quantitative estimate of drug-likeness (QED) is 0.627. The van der Waals surface area contributed by atoms with Gasteiger partial charge in [-0.15, -0.1) is 0 Å². The lowest BCUT2D eigenvalue weighted by atomic mass is 10.2. The van der Waals surface area contributed by atoms with Crippen LogP contribution in [0.3, 0.4) is 0 Å². The van der Waals surface area contributed by atoms with Crippen LogP contribution >= 0.6 is 0 Å². The van der Waals surface area contributed by atoms with Gasteiger partial charge < -0.3 is 0 Å². The predicted octanol–water partition coefficient (Wildman–Crippen LogP) is 0.326. The molecule has 1 heterocycles. The van der Waals surface area contributed by atoms with Gasteiger partial charge in [-0.3, -0.25) is 0 Å². The first kappa shape index (κ1) is 9.49. The predicted molar refractivity (Wildman–Crippen MR) is 44.8 cm³/mol. The summed E-state index contributed by atoms with van der Waals surface area (Å²) in [5.74, 6) is -0.382. The Balaban J connectivity index is 2.62. The summed E-state index contributed by atoms with van der Waals surface area (Å²) in [6, 6.07) is 1.68. The Labute approximate surface area is 72.8 Å². The molecular formula is C7H12N2O2S. The molecule has 0 aromatic heterocycles. The fourth-order valence-electron chi connectivity index (χ4n) is 1.32. The Kier molecular flexibility index (Phi) is 3.06. The molecule has 0 bridgehead atoms. The standard InChI is InChI=1S/C7H12N2O2S/c8-4-7-12(10,11)9-5-2-1-3-6-9/h1-3,5-7H2. The first-order chi connectivity index (χ1) is 5.67. The number of sulfonamides is 1. The molecule has 0 N–H and O–H groups in total. The van der Waals surface area contributed by atoms with Gasteiger partial charge in [0.1, 0.15) is 0 Å². The molecule has 68 valence electrons. The lowest BCUT2D eigenvalue weighted by Gasteiger charge is -2.24. The minimum atomic E-state index is -3.26. The van der Waals surface area contributed by atoms with Crippen LogP contribution in [0.25, 0.3) is 0 Å². The average Bonchev–Trinajstić information content (AvgIpc) is 2.06. The zero-order chi connectivity index (χ0) is 9.03. The Hall–Kier alpha value is -0.600. The van der Waals surface area contributed by atoms with E-state index in [4.69, 9.17) is 5.26 Å². The fraction of sp³-hybridized carbons (Fsp3) is 0.857. The molecule has 1 fully saturated rings. The van der Waals surface area contributed by atoms with E-state index >= 15 is 0 Å². The molecule has 5 heteroatoms. The van der Waals surface area contributed by atoms with Gasteiger partial charge in [0.15, 0.2) is 5.75 Å². The van der Waals surface area contributed by atoms with E-state index in [1.54, 1.807) is 6.07 Å². The number of hydrogen-bond acceptors (Lipinski definition) is 3. The van der Waals surface area contributed by atoms with E-state index in [0.29, 0.717) is 13.1 Å². The molecule has 0 saturated carbocycles. The highest BCUT2D eigenvalue weighted by Gasteiger charge is 2.22. The van der Waals surface area contributed by atoms with E-state index in [0.717, 1.165) is 19.3 Å². The van der Waals surface area contributed by atoms with Gasteiger partial charge in [0.05, 0.1) is 6.07 Å². The molecule has 1 aliphatic heterocycles. The highest BCUT2D eigenvalue weighted by molar-refractivity contribution is 7.89. The van der Waals surface area contributed by atoms with E-state index in [-0.39, 0.29) is 5.75 Å². The summed E-state index contributed by atoms with van der Waals surface area (Å²) in [4.78, 5) is 0. The van der Waals surface area contributed by atoms with Crippen LogP contribution in [-0.2, 0) is 10.0 Å². The summed E-state index contributed by atoms with van der Waals surface area (Å²) in [7, 11) is -3.26. The summed E-state index contributed by atoms with van der Waals surface area (Å²) in [5, 5.41) is 8.28. The van der Waals surface area contributed by atoms with E-state index in [1.165, 1.54) is 4.31 Å². The molecule has 0 aromatic carbocycles. The van der Waals surface area contributed by atoms with Gasteiger partial charge in [-0.05, 0) is 12.8 Å². The Morgan fingerprint density at radius 1 is 1.25 bits per heavy atom. The second kappa shape index (κ2) is 3.87. The van der Waals surface area contributed by atoms with Gasteiger partial charge in [-0.2, -0.15) is 5.26 Å². The second-order valence-electron chi connectivity index (χ2n) is 2.87. The minimum absolute atomic E-state index is 0.382. The lowest BCUT2D eigenvalue weighted by molar-refractivity contribution is 0.348. The van der Waals surface area contributed by atoms with Crippen molar-refractivity contribution < 1.29 is 8.42 Å². The molecular weight excluding hydrogens is 176 g/mol. The first-order valence-electron chi connectivity index (χ1n) is 4.01. The van der Waals surface area contributed by atoms with Crippen molar-refractivity contribution in [1.29, 1.82) is 5.26 Å². The minimum Gasteiger partial charge on any atom is -0.211 e. The van der Waals surface area contributed by atoms with Gasteiger partial charge >= 0.3 is 0 Å². The van der Waals surface area contributed by atoms with Crippen molar-refractivity contribution in [2.75, 3.05) is 18.8 Å². The molecule has 1 saturated heterocycles. The van der Waals surface area contributed by atoms with Crippen molar-refractivity contribution >= 4 is 10.0 Å². The van der Waals surface area contributed by atoms with Crippen LogP contribution in [0.5, 0.6) is 0 Å². The van der Waals surface area contributed by atoms with Crippen LogP contribution in [0, 0.1) is 11.3 Å². The SMILES string of the molecule is N#CCS(=O)(=O)N1CCCCC1. The summed E-state index contributed by atoms with van der Waals surface area (Å²) in [5.41, 5.74) is 0. The number of hydrogen-bond donors (Lipinski definition) is 0. The number of piperidine rings is 1. The van der Waals surface area contributed by atoms with Crippen LogP contribution < -0.4 is 0 Å². The normalized spacial score (nSPS) is 20.2. The fourth-order valence-corrected chi connectivity index (χ4v) is 2.48. The van der Waals surface area contributed by atoms with Crippen LogP contribution in [0.2, 0.25) is 0 Å². The number of nitrogens with zero attached hydrogens (tertiary/aromatic N) is 2. The number of rotatable bonds is 2. The van der Waals surface area contributed by atoms with Crippen molar-refractivity contribution in [1.82, 2.24) is 4.31 Å². The third-order valence-corrected chi connectivity index (χ3v) is 3.60. The van der Waals surface area contributed by atoms with E-state index in [2.05, 4.69) is 0 Å². The van der Waals surface area contributed by atoms with Crippen molar-refractivity contribution in [3.63, 3.8) is 0 Å². The molecule has 0 atom stereocenters. The molecule has 0 aliphatic carbocycles. The van der Waals surface area contributed by atoms with Crippen molar-refractivity contribution in [2.24, 2.45) is 0 Å². The average molecular weight is 188 g/mol. The highest BCUT2D eigenvalue weighted by atomic mass is 32.2. The Bertz CT molecular complexity index is 272. The molecule has 0 aromatic rings. The van der Waals surface area contributed by atoms with E-state index in [9.17, 15) is 8.42 Å². The van der Waals surface area contributed by atoms with Crippen molar-refractivity contribution in [3.05, 3.63) is 0 Å². The zero-order valence-corrected chi connectivity index (χ0v) is 7.68. The van der Waals surface area contributed by atoms with Gasteiger partial charge in [0.2, 0.25) is 10.0 Å². The third-order valence-electron chi connectivity index (χ3n) is 1.96. The summed E-state index contributed by atoms with van der Waals surface area (Å²) >= 11 is 0. The van der Waals surface area contributed by atoms with Gasteiger partial charge in [0.25, 0.3) is 0 Å². The largest absolute Gasteiger partial charge is 0.227 e. The topological polar surface area (TPSA) is 61.2 Å². The third kappa shape index (κ3) is 2.19. The monoisotopic (exact) mass is 188 g/mol. The van der Waals surface area contributed by atoms with Crippen molar-refractivity contribution in [2.45, 2.75) is 19.3 Å². The Morgan fingerprint density at radius 3 is 2.33 bits per heavy atom. The smallest absolute Gasteiger partial charge is 0.211 e. The van der Waals surface area contributed by atoms with E-state index in [1.807, 2.05) is 0 Å². The number of nitriles is 1.